The number of sulfonamides is 1. The van der Waals surface area contributed by atoms with E-state index in [1.807, 2.05) is 0 Å². The number of phenolic OH excluding ortho intramolecular Hbond substituents is 1. The van der Waals surface area contributed by atoms with E-state index in [9.17, 15) is 18.5 Å². The van der Waals surface area contributed by atoms with Crippen molar-refractivity contribution in [3.63, 3.8) is 0 Å². The predicted molar refractivity (Wildman–Crippen MR) is 62.5 cm³/mol. The van der Waals surface area contributed by atoms with Crippen LogP contribution in [0.2, 0.25) is 0 Å². The SMILES string of the molecule is CCCS(=O)(=O)Nc1ccc(O)cc1[N+](=O)[O-]. The van der Waals surface area contributed by atoms with E-state index in [0.717, 1.165) is 12.1 Å². The van der Waals surface area contributed by atoms with Gasteiger partial charge in [-0.1, -0.05) is 6.92 Å². The second-order valence-corrected chi connectivity index (χ2v) is 5.22. The van der Waals surface area contributed by atoms with Crippen LogP contribution in [0.4, 0.5) is 11.4 Å². The maximum atomic E-state index is 11.5. The van der Waals surface area contributed by atoms with Crippen LogP contribution in [0, 0.1) is 10.1 Å². The van der Waals surface area contributed by atoms with Gasteiger partial charge in [0.05, 0.1) is 16.7 Å². The Morgan fingerprint density at radius 1 is 1.47 bits per heavy atom. The standard InChI is InChI=1S/C9H12N2O5S/c1-2-5-17(15,16)10-8-4-3-7(12)6-9(8)11(13)14/h3-4,6,10,12H,2,5H2,1H3. The number of anilines is 1. The first-order valence-electron chi connectivity index (χ1n) is 4.83. The lowest BCUT2D eigenvalue weighted by Gasteiger charge is -2.07. The van der Waals surface area contributed by atoms with Gasteiger partial charge in [-0.2, -0.15) is 0 Å². The molecule has 1 rings (SSSR count). The zero-order chi connectivity index (χ0) is 13.1. The molecule has 0 bridgehead atoms. The van der Waals surface area contributed by atoms with E-state index in [4.69, 9.17) is 5.11 Å². The van der Waals surface area contributed by atoms with Gasteiger partial charge in [-0.15, -0.1) is 0 Å². The third-order valence-electron chi connectivity index (χ3n) is 1.92. The first-order chi connectivity index (χ1) is 7.85. The van der Waals surface area contributed by atoms with Gasteiger partial charge in [0.25, 0.3) is 5.69 Å². The van der Waals surface area contributed by atoms with E-state index >= 15 is 0 Å². The van der Waals surface area contributed by atoms with Gasteiger partial charge in [0.1, 0.15) is 11.4 Å². The van der Waals surface area contributed by atoms with Crippen LogP contribution in [-0.4, -0.2) is 24.2 Å². The summed E-state index contributed by atoms with van der Waals surface area (Å²) in [4.78, 5) is 9.92. The number of hydrogen-bond acceptors (Lipinski definition) is 5. The van der Waals surface area contributed by atoms with Gasteiger partial charge in [-0.3, -0.25) is 14.8 Å². The molecule has 0 saturated heterocycles. The summed E-state index contributed by atoms with van der Waals surface area (Å²) in [5.41, 5.74) is -0.633. The molecule has 0 atom stereocenters. The molecular formula is C9H12N2O5S. The fraction of sp³-hybridized carbons (Fsp3) is 0.333. The number of nitrogens with zero attached hydrogens (tertiary/aromatic N) is 1. The van der Waals surface area contributed by atoms with Gasteiger partial charge in [0.2, 0.25) is 10.0 Å². The van der Waals surface area contributed by atoms with Gasteiger partial charge < -0.3 is 5.11 Å². The number of nitro benzene ring substituents is 1. The Morgan fingerprint density at radius 2 is 2.12 bits per heavy atom. The molecule has 17 heavy (non-hydrogen) atoms. The lowest BCUT2D eigenvalue weighted by Crippen LogP contribution is -2.16. The molecule has 1 aromatic carbocycles. The van der Waals surface area contributed by atoms with Crippen molar-refractivity contribution in [1.29, 1.82) is 0 Å². The normalized spacial score (nSPS) is 11.1. The Bertz CT molecular complexity index is 526. The minimum absolute atomic E-state index is 0.120. The number of aromatic hydroxyl groups is 1. The summed E-state index contributed by atoms with van der Waals surface area (Å²) >= 11 is 0. The summed E-state index contributed by atoms with van der Waals surface area (Å²) in [6.07, 6.45) is 0.404. The van der Waals surface area contributed by atoms with Crippen molar-refractivity contribution >= 4 is 21.4 Å². The van der Waals surface area contributed by atoms with E-state index in [0.29, 0.717) is 6.42 Å². The number of nitro groups is 1. The van der Waals surface area contributed by atoms with Gasteiger partial charge in [-0.05, 0) is 18.6 Å². The fourth-order valence-corrected chi connectivity index (χ4v) is 2.39. The van der Waals surface area contributed by atoms with Gasteiger partial charge >= 0.3 is 0 Å². The van der Waals surface area contributed by atoms with Crippen molar-refractivity contribution < 1.29 is 18.4 Å². The monoisotopic (exact) mass is 260 g/mol. The molecule has 0 aliphatic heterocycles. The number of benzene rings is 1. The molecule has 0 amide bonds. The summed E-state index contributed by atoms with van der Waals surface area (Å²) in [7, 11) is -3.59. The molecule has 0 fully saturated rings. The Labute approximate surface area is 98.3 Å². The minimum Gasteiger partial charge on any atom is -0.508 e. The van der Waals surface area contributed by atoms with Crippen LogP contribution in [0.25, 0.3) is 0 Å². The van der Waals surface area contributed by atoms with Crippen molar-refractivity contribution in [2.24, 2.45) is 0 Å². The lowest BCUT2D eigenvalue weighted by atomic mass is 10.2. The maximum absolute atomic E-state index is 11.5. The molecule has 0 saturated carbocycles. The Kier molecular flexibility index (Phi) is 3.89. The Hall–Kier alpha value is -1.83. The highest BCUT2D eigenvalue weighted by Crippen LogP contribution is 2.29. The molecule has 0 spiro atoms. The molecule has 8 heteroatoms. The summed E-state index contributed by atoms with van der Waals surface area (Å²) in [5, 5.41) is 19.8. The van der Waals surface area contributed by atoms with E-state index in [1.165, 1.54) is 6.07 Å². The molecule has 2 N–H and O–H groups in total. The number of phenols is 1. The fourth-order valence-electron chi connectivity index (χ4n) is 1.24. The molecule has 0 heterocycles. The summed E-state index contributed by atoms with van der Waals surface area (Å²) in [6, 6.07) is 3.22. The first kappa shape index (κ1) is 13.2. The van der Waals surface area contributed by atoms with E-state index in [1.54, 1.807) is 6.92 Å². The van der Waals surface area contributed by atoms with Crippen LogP contribution in [0.5, 0.6) is 5.75 Å². The van der Waals surface area contributed by atoms with Crippen LogP contribution in [0.1, 0.15) is 13.3 Å². The quantitative estimate of drug-likeness (QED) is 0.473. The highest BCUT2D eigenvalue weighted by molar-refractivity contribution is 7.92. The average Bonchev–Trinajstić information content (AvgIpc) is 2.20. The summed E-state index contributed by atoms with van der Waals surface area (Å²) < 4.78 is 25.0. The summed E-state index contributed by atoms with van der Waals surface area (Å²) in [6.45, 7) is 1.68. The third kappa shape index (κ3) is 3.59. The van der Waals surface area contributed by atoms with Crippen molar-refractivity contribution in [2.75, 3.05) is 10.5 Å². The van der Waals surface area contributed by atoms with Gasteiger partial charge in [0, 0.05) is 0 Å². The smallest absolute Gasteiger partial charge is 0.296 e. The molecule has 0 aliphatic rings. The van der Waals surface area contributed by atoms with E-state index in [-0.39, 0.29) is 17.2 Å². The molecule has 0 aliphatic carbocycles. The zero-order valence-electron chi connectivity index (χ0n) is 9.08. The van der Waals surface area contributed by atoms with Gasteiger partial charge in [0.15, 0.2) is 0 Å². The largest absolute Gasteiger partial charge is 0.508 e. The highest BCUT2D eigenvalue weighted by atomic mass is 32.2. The molecule has 94 valence electrons. The maximum Gasteiger partial charge on any atom is 0.296 e. The van der Waals surface area contributed by atoms with Crippen LogP contribution in [0.3, 0.4) is 0 Å². The lowest BCUT2D eigenvalue weighted by molar-refractivity contribution is -0.384. The third-order valence-corrected chi connectivity index (χ3v) is 3.39. The number of rotatable bonds is 5. The molecule has 0 unspecified atom stereocenters. The van der Waals surface area contributed by atoms with Crippen LogP contribution >= 0.6 is 0 Å². The van der Waals surface area contributed by atoms with Crippen molar-refractivity contribution in [2.45, 2.75) is 13.3 Å². The number of hydrogen-bond donors (Lipinski definition) is 2. The Morgan fingerprint density at radius 3 is 2.65 bits per heavy atom. The zero-order valence-corrected chi connectivity index (χ0v) is 9.90. The average molecular weight is 260 g/mol. The van der Waals surface area contributed by atoms with E-state index in [2.05, 4.69) is 4.72 Å². The summed E-state index contributed by atoms with van der Waals surface area (Å²) in [5.74, 6) is -0.416. The second kappa shape index (κ2) is 5.00. The molecule has 1 aromatic rings. The van der Waals surface area contributed by atoms with Crippen LogP contribution in [0.15, 0.2) is 18.2 Å². The topological polar surface area (TPSA) is 110 Å². The molecule has 0 aromatic heterocycles. The van der Waals surface area contributed by atoms with Gasteiger partial charge in [-0.25, -0.2) is 8.42 Å². The minimum atomic E-state index is -3.59. The van der Waals surface area contributed by atoms with Crippen LogP contribution in [-0.2, 0) is 10.0 Å². The van der Waals surface area contributed by atoms with Crippen molar-refractivity contribution in [1.82, 2.24) is 0 Å². The molecule has 0 radical (unpaired) electrons. The first-order valence-corrected chi connectivity index (χ1v) is 6.49. The number of nitrogens with one attached hydrogen (secondary N) is 1. The highest BCUT2D eigenvalue weighted by Gasteiger charge is 2.19. The molecular weight excluding hydrogens is 248 g/mol. The molecule has 7 nitrogen and oxygen atoms in total. The van der Waals surface area contributed by atoms with Crippen LogP contribution < -0.4 is 4.72 Å². The van der Waals surface area contributed by atoms with Crippen molar-refractivity contribution in [3.8, 4) is 5.75 Å². The predicted octanol–water partition coefficient (Wildman–Crippen LogP) is 1.45. The van der Waals surface area contributed by atoms with E-state index < -0.39 is 20.6 Å². The second-order valence-electron chi connectivity index (χ2n) is 3.38. The Balaban J connectivity index is 3.11. The van der Waals surface area contributed by atoms with Crippen molar-refractivity contribution in [3.05, 3.63) is 28.3 Å².